The summed E-state index contributed by atoms with van der Waals surface area (Å²) in [4.78, 5) is 0. The zero-order valence-corrected chi connectivity index (χ0v) is 12.9. The fraction of sp³-hybridized carbons (Fsp3) is 0.647. The fourth-order valence-electron chi connectivity index (χ4n) is 3.93. The van der Waals surface area contributed by atoms with Crippen LogP contribution in [0, 0.1) is 23.6 Å². The van der Waals surface area contributed by atoms with Crippen LogP contribution >= 0.6 is 0 Å². The molecule has 2 fully saturated rings. The smallest absolute Gasteiger partial charge is 0.167 e. The van der Waals surface area contributed by atoms with E-state index >= 15 is 0 Å². The Kier molecular flexibility index (Phi) is 3.96. The summed E-state index contributed by atoms with van der Waals surface area (Å²) in [6, 6.07) is 3.04. The van der Waals surface area contributed by atoms with Gasteiger partial charge in [0.2, 0.25) is 0 Å². The Labute approximate surface area is 126 Å². The molecule has 3 unspecified atom stereocenters. The van der Waals surface area contributed by atoms with Crippen LogP contribution in [0.5, 0.6) is 5.75 Å². The van der Waals surface area contributed by atoms with E-state index in [0.717, 1.165) is 30.0 Å². The first-order valence-corrected chi connectivity index (χ1v) is 8.02. The van der Waals surface area contributed by atoms with E-state index in [-0.39, 0.29) is 11.9 Å². The van der Waals surface area contributed by atoms with Crippen molar-refractivity contribution in [2.45, 2.75) is 45.6 Å². The van der Waals surface area contributed by atoms with Crippen LogP contribution < -0.4 is 15.8 Å². The lowest BCUT2D eigenvalue weighted by Gasteiger charge is -2.23. The summed E-state index contributed by atoms with van der Waals surface area (Å²) in [7, 11) is 0. The Morgan fingerprint density at radius 3 is 2.76 bits per heavy atom. The van der Waals surface area contributed by atoms with Crippen molar-refractivity contribution in [2.24, 2.45) is 17.8 Å². The van der Waals surface area contributed by atoms with Gasteiger partial charge < -0.3 is 15.8 Å². The van der Waals surface area contributed by atoms with Crippen molar-refractivity contribution in [2.75, 3.05) is 17.6 Å². The molecule has 4 heteroatoms. The maximum Gasteiger partial charge on any atom is 0.167 e. The molecule has 3 rings (SSSR count). The molecular weight excluding hydrogens is 267 g/mol. The van der Waals surface area contributed by atoms with E-state index in [2.05, 4.69) is 5.32 Å². The lowest BCUT2D eigenvalue weighted by molar-refractivity contribution is 0.231. The van der Waals surface area contributed by atoms with Gasteiger partial charge in [0.25, 0.3) is 0 Å². The third-order valence-electron chi connectivity index (χ3n) is 4.91. The van der Waals surface area contributed by atoms with Crippen LogP contribution in [0.15, 0.2) is 12.1 Å². The second kappa shape index (κ2) is 5.74. The zero-order valence-electron chi connectivity index (χ0n) is 12.9. The summed E-state index contributed by atoms with van der Waals surface area (Å²) in [5.41, 5.74) is 7.16. The molecule has 1 aromatic carbocycles. The van der Waals surface area contributed by atoms with Crippen LogP contribution in [0.2, 0.25) is 0 Å². The number of anilines is 2. The quantitative estimate of drug-likeness (QED) is 0.805. The lowest BCUT2D eigenvalue weighted by Crippen LogP contribution is -2.20. The minimum atomic E-state index is -0.397. The van der Waals surface area contributed by atoms with Gasteiger partial charge in [-0.15, -0.1) is 0 Å². The van der Waals surface area contributed by atoms with Crippen LogP contribution in [0.1, 0.15) is 39.5 Å². The highest BCUT2D eigenvalue weighted by atomic mass is 19.1. The third kappa shape index (κ3) is 3.09. The van der Waals surface area contributed by atoms with Gasteiger partial charge in [0, 0.05) is 18.7 Å². The van der Waals surface area contributed by atoms with Gasteiger partial charge in [0.15, 0.2) is 11.6 Å². The second-order valence-corrected chi connectivity index (χ2v) is 6.85. The third-order valence-corrected chi connectivity index (χ3v) is 4.91. The second-order valence-electron chi connectivity index (χ2n) is 6.85. The monoisotopic (exact) mass is 292 g/mol. The maximum atomic E-state index is 13.8. The Bertz CT molecular complexity index is 518. The van der Waals surface area contributed by atoms with Gasteiger partial charge in [-0.3, -0.25) is 0 Å². The molecule has 0 amide bonds. The minimum Gasteiger partial charge on any atom is -0.488 e. The number of nitrogens with one attached hydrogen (secondary N) is 1. The van der Waals surface area contributed by atoms with Crippen molar-refractivity contribution in [3.63, 3.8) is 0 Å². The molecule has 21 heavy (non-hydrogen) atoms. The number of fused-ring (bicyclic) bond motifs is 2. The summed E-state index contributed by atoms with van der Waals surface area (Å²) in [6.45, 7) is 4.70. The molecule has 2 aliphatic rings. The molecule has 3 nitrogen and oxygen atoms in total. The average Bonchev–Trinajstić information content (AvgIpc) is 3.02. The number of ether oxygens (including phenoxy) is 1. The molecule has 0 aromatic heterocycles. The van der Waals surface area contributed by atoms with E-state index in [4.69, 9.17) is 10.5 Å². The summed E-state index contributed by atoms with van der Waals surface area (Å²) < 4.78 is 19.3. The molecule has 0 aliphatic heterocycles. The highest BCUT2D eigenvalue weighted by molar-refractivity contribution is 5.68. The van der Waals surface area contributed by atoms with Gasteiger partial charge in [-0.2, -0.15) is 0 Å². The first-order chi connectivity index (χ1) is 10.0. The number of benzene rings is 1. The van der Waals surface area contributed by atoms with E-state index in [1.54, 1.807) is 6.07 Å². The molecule has 3 atom stereocenters. The van der Waals surface area contributed by atoms with Gasteiger partial charge in [-0.05, 0) is 50.9 Å². The number of nitrogens with two attached hydrogens (primary N) is 1. The topological polar surface area (TPSA) is 47.3 Å². The van der Waals surface area contributed by atoms with Gasteiger partial charge in [-0.25, -0.2) is 4.39 Å². The Hall–Kier alpha value is -1.45. The summed E-state index contributed by atoms with van der Waals surface area (Å²) in [5, 5.41) is 3.41. The normalized spacial score (nSPS) is 27.3. The molecular formula is C17H25FN2O. The van der Waals surface area contributed by atoms with Gasteiger partial charge in [-0.1, -0.05) is 6.42 Å². The first kappa shape index (κ1) is 14.5. The predicted octanol–water partition coefficient (Wildman–Crippen LogP) is 4.04. The summed E-state index contributed by atoms with van der Waals surface area (Å²) in [5.74, 6) is 2.42. The highest BCUT2D eigenvalue weighted by Crippen LogP contribution is 2.48. The number of halogens is 1. The zero-order chi connectivity index (χ0) is 15.0. The average molecular weight is 292 g/mol. The maximum absolute atomic E-state index is 13.8. The van der Waals surface area contributed by atoms with E-state index in [9.17, 15) is 4.39 Å². The molecule has 3 N–H and O–H groups in total. The highest BCUT2D eigenvalue weighted by Gasteiger charge is 2.39. The molecule has 0 saturated heterocycles. The van der Waals surface area contributed by atoms with Gasteiger partial charge >= 0.3 is 0 Å². The molecule has 2 bridgehead atoms. The first-order valence-electron chi connectivity index (χ1n) is 8.02. The minimum absolute atomic E-state index is 0.0541. The van der Waals surface area contributed by atoms with Crippen molar-refractivity contribution >= 4 is 11.4 Å². The van der Waals surface area contributed by atoms with E-state index < -0.39 is 5.82 Å². The molecule has 0 radical (unpaired) electrons. The Balaban J connectivity index is 1.67. The molecule has 0 spiro atoms. The van der Waals surface area contributed by atoms with Crippen LogP contribution in [-0.2, 0) is 0 Å². The van der Waals surface area contributed by atoms with Crippen LogP contribution in [0.3, 0.4) is 0 Å². The van der Waals surface area contributed by atoms with Crippen molar-refractivity contribution in [3.05, 3.63) is 17.9 Å². The number of rotatable bonds is 5. The number of hydrogen-bond acceptors (Lipinski definition) is 3. The Morgan fingerprint density at radius 2 is 2.14 bits per heavy atom. The van der Waals surface area contributed by atoms with E-state index in [0.29, 0.717) is 5.69 Å². The molecule has 116 valence electrons. The molecule has 0 heterocycles. The molecule has 2 saturated carbocycles. The lowest BCUT2D eigenvalue weighted by atomic mass is 9.89. The fourth-order valence-corrected chi connectivity index (χ4v) is 3.93. The summed E-state index contributed by atoms with van der Waals surface area (Å²) >= 11 is 0. The molecule has 2 aliphatic carbocycles. The summed E-state index contributed by atoms with van der Waals surface area (Å²) in [6.07, 6.45) is 5.45. The number of nitrogen functional groups attached to an aromatic ring is 1. The van der Waals surface area contributed by atoms with Crippen LogP contribution in [0.25, 0.3) is 0 Å². The predicted molar refractivity (Wildman–Crippen MR) is 84.0 cm³/mol. The van der Waals surface area contributed by atoms with Crippen molar-refractivity contribution in [3.8, 4) is 5.75 Å². The van der Waals surface area contributed by atoms with Crippen molar-refractivity contribution in [1.82, 2.24) is 0 Å². The molecule has 1 aromatic rings. The van der Waals surface area contributed by atoms with Gasteiger partial charge in [0.1, 0.15) is 0 Å². The standard InChI is InChI=1S/C17H25FN2O/c1-10(2)21-17-8-16(15(19)7-14(17)18)20-9-13-6-11-3-4-12(13)5-11/h7-8,10-13,20H,3-6,9,19H2,1-2H3. The van der Waals surface area contributed by atoms with Crippen molar-refractivity contribution in [1.29, 1.82) is 0 Å². The Morgan fingerprint density at radius 1 is 1.33 bits per heavy atom. The van der Waals surface area contributed by atoms with Crippen LogP contribution in [-0.4, -0.2) is 12.6 Å². The van der Waals surface area contributed by atoms with E-state index in [1.165, 1.54) is 31.7 Å². The SMILES string of the molecule is CC(C)Oc1cc(NCC2CC3CCC2C3)c(N)cc1F. The van der Waals surface area contributed by atoms with Gasteiger partial charge in [0.05, 0.1) is 17.5 Å². The van der Waals surface area contributed by atoms with Crippen LogP contribution in [0.4, 0.5) is 15.8 Å². The van der Waals surface area contributed by atoms with Crippen molar-refractivity contribution < 1.29 is 9.13 Å². The largest absolute Gasteiger partial charge is 0.488 e. The van der Waals surface area contributed by atoms with E-state index in [1.807, 2.05) is 13.8 Å². The number of hydrogen-bond donors (Lipinski definition) is 2.